The Bertz CT molecular complexity index is 880. The van der Waals surface area contributed by atoms with Crippen LogP contribution in [0.15, 0.2) is 55.0 Å². The maximum absolute atomic E-state index is 4.47. The Labute approximate surface area is 153 Å². The summed E-state index contributed by atoms with van der Waals surface area (Å²) >= 11 is 0. The van der Waals surface area contributed by atoms with Gasteiger partial charge in [0.2, 0.25) is 5.95 Å². The van der Waals surface area contributed by atoms with E-state index in [2.05, 4.69) is 53.9 Å². The molecular formula is C20H22N6. The van der Waals surface area contributed by atoms with Gasteiger partial charge in [0.1, 0.15) is 0 Å². The first-order valence-corrected chi connectivity index (χ1v) is 9.23. The molecule has 6 heteroatoms. The van der Waals surface area contributed by atoms with Gasteiger partial charge in [0, 0.05) is 75.0 Å². The number of pyridine rings is 1. The number of hydrogen-bond donors (Lipinski definition) is 0. The lowest BCUT2D eigenvalue weighted by molar-refractivity contribution is 0.157. The topological polar surface area (TPSA) is 48.4 Å². The van der Waals surface area contributed by atoms with Crippen molar-refractivity contribution >= 4 is 22.5 Å². The van der Waals surface area contributed by atoms with Gasteiger partial charge in [-0.15, -0.1) is 0 Å². The second-order valence-electron chi connectivity index (χ2n) is 6.98. The number of fused-ring (bicyclic) bond motifs is 1. The van der Waals surface area contributed by atoms with Crippen molar-refractivity contribution in [1.82, 2.24) is 19.9 Å². The zero-order valence-electron chi connectivity index (χ0n) is 14.7. The van der Waals surface area contributed by atoms with E-state index in [0.29, 0.717) is 6.04 Å². The second kappa shape index (κ2) is 6.53. The van der Waals surface area contributed by atoms with Gasteiger partial charge in [-0.05, 0) is 18.2 Å². The number of hydrogen-bond acceptors (Lipinski definition) is 6. The predicted molar refractivity (Wildman–Crippen MR) is 104 cm³/mol. The van der Waals surface area contributed by atoms with Crippen molar-refractivity contribution < 1.29 is 0 Å². The van der Waals surface area contributed by atoms with Gasteiger partial charge in [-0.3, -0.25) is 9.88 Å². The Kier molecular flexibility index (Phi) is 3.90. The van der Waals surface area contributed by atoms with E-state index in [-0.39, 0.29) is 0 Å². The molecule has 0 atom stereocenters. The molecule has 1 aromatic carbocycles. The highest BCUT2D eigenvalue weighted by Crippen LogP contribution is 2.30. The molecule has 2 aliphatic heterocycles. The highest BCUT2D eigenvalue weighted by atomic mass is 15.4. The average Bonchev–Trinajstić information content (AvgIpc) is 2.68. The lowest BCUT2D eigenvalue weighted by Gasteiger charge is -2.49. The summed E-state index contributed by atoms with van der Waals surface area (Å²) in [4.78, 5) is 20.6. The van der Waals surface area contributed by atoms with Crippen LogP contribution >= 0.6 is 0 Å². The molecule has 0 bridgehead atoms. The van der Waals surface area contributed by atoms with Crippen molar-refractivity contribution in [3.8, 4) is 0 Å². The van der Waals surface area contributed by atoms with Gasteiger partial charge < -0.3 is 9.80 Å². The van der Waals surface area contributed by atoms with Crippen LogP contribution in [0.3, 0.4) is 0 Å². The molecule has 0 spiro atoms. The summed E-state index contributed by atoms with van der Waals surface area (Å²) in [5, 5.41) is 1.25. The lowest BCUT2D eigenvalue weighted by Crippen LogP contribution is -2.63. The fourth-order valence-electron chi connectivity index (χ4n) is 3.98. The largest absolute Gasteiger partial charge is 0.368 e. The molecule has 2 aromatic heterocycles. The molecule has 2 fully saturated rings. The first-order valence-electron chi connectivity index (χ1n) is 9.23. The van der Waals surface area contributed by atoms with Gasteiger partial charge in [-0.25, -0.2) is 9.97 Å². The first kappa shape index (κ1) is 15.5. The van der Waals surface area contributed by atoms with Gasteiger partial charge in [-0.2, -0.15) is 0 Å². The Morgan fingerprint density at radius 3 is 2.31 bits per heavy atom. The highest BCUT2D eigenvalue weighted by molar-refractivity contribution is 5.91. The third-order valence-corrected chi connectivity index (χ3v) is 5.49. The maximum Gasteiger partial charge on any atom is 0.225 e. The maximum atomic E-state index is 4.47. The molecule has 4 heterocycles. The summed E-state index contributed by atoms with van der Waals surface area (Å²) in [7, 11) is 0. The summed E-state index contributed by atoms with van der Waals surface area (Å²) in [6, 6.07) is 13.0. The lowest BCUT2D eigenvalue weighted by atomic mass is 10.0. The molecule has 6 nitrogen and oxygen atoms in total. The number of piperazine rings is 1. The standard InChI is InChI=1S/C20H22N6/c1-2-5-18-17(4-1)19(6-9-21-18)26-14-16(15-26)24-10-12-25(13-11-24)20-22-7-3-8-23-20/h1-9,16H,10-15H2. The van der Waals surface area contributed by atoms with Crippen molar-refractivity contribution in [2.45, 2.75) is 6.04 Å². The fraction of sp³-hybridized carbons (Fsp3) is 0.350. The average molecular weight is 346 g/mol. The second-order valence-corrected chi connectivity index (χ2v) is 6.98. The van der Waals surface area contributed by atoms with E-state index in [0.717, 1.165) is 50.7 Å². The molecule has 0 radical (unpaired) electrons. The van der Waals surface area contributed by atoms with E-state index < -0.39 is 0 Å². The summed E-state index contributed by atoms with van der Waals surface area (Å²) in [6.07, 6.45) is 5.55. The quantitative estimate of drug-likeness (QED) is 0.723. The molecule has 0 unspecified atom stereocenters. The first-order chi connectivity index (χ1) is 12.9. The fourth-order valence-corrected chi connectivity index (χ4v) is 3.98. The van der Waals surface area contributed by atoms with Crippen LogP contribution < -0.4 is 9.80 Å². The van der Waals surface area contributed by atoms with E-state index in [9.17, 15) is 0 Å². The summed E-state index contributed by atoms with van der Waals surface area (Å²) in [6.45, 7) is 6.34. The Morgan fingerprint density at radius 1 is 0.731 bits per heavy atom. The highest BCUT2D eigenvalue weighted by Gasteiger charge is 2.34. The number of rotatable bonds is 3. The van der Waals surface area contributed by atoms with E-state index in [1.165, 1.54) is 11.1 Å². The number of para-hydroxylation sites is 1. The van der Waals surface area contributed by atoms with Crippen molar-refractivity contribution in [1.29, 1.82) is 0 Å². The van der Waals surface area contributed by atoms with E-state index in [1.54, 1.807) is 0 Å². The molecule has 5 rings (SSSR count). The van der Waals surface area contributed by atoms with Crippen LogP contribution in [0.1, 0.15) is 0 Å². The Morgan fingerprint density at radius 2 is 1.50 bits per heavy atom. The minimum absolute atomic E-state index is 0.640. The molecule has 0 N–H and O–H groups in total. The van der Waals surface area contributed by atoms with Crippen LogP contribution in [0.2, 0.25) is 0 Å². The van der Waals surface area contributed by atoms with Gasteiger partial charge >= 0.3 is 0 Å². The number of nitrogens with zero attached hydrogens (tertiary/aromatic N) is 6. The van der Waals surface area contributed by atoms with Crippen LogP contribution in [-0.2, 0) is 0 Å². The SMILES string of the molecule is c1cnc(N2CCN(C3CN(c4ccnc5ccccc45)C3)CC2)nc1. The van der Waals surface area contributed by atoms with Crippen LogP contribution in [0.5, 0.6) is 0 Å². The van der Waals surface area contributed by atoms with E-state index in [1.807, 2.05) is 30.7 Å². The Balaban J connectivity index is 1.21. The predicted octanol–water partition coefficient (Wildman–Crippen LogP) is 2.04. The van der Waals surface area contributed by atoms with Crippen molar-refractivity contribution in [3.63, 3.8) is 0 Å². The number of aromatic nitrogens is 3. The van der Waals surface area contributed by atoms with Gasteiger partial charge in [0.15, 0.2) is 0 Å². The van der Waals surface area contributed by atoms with Gasteiger partial charge in [0.25, 0.3) is 0 Å². The molecular weight excluding hydrogens is 324 g/mol. The van der Waals surface area contributed by atoms with Gasteiger partial charge in [-0.1, -0.05) is 18.2 Å². The summed E-state index contributed by atoms with van der Waals surface area (Å²) in [5.41, 5.74) is 2.38. The number of anilines is 2. The zero-order chi connectivity index (χ0) is 17.3. The zero-order valence-corrected chi connectivity index (χ0v) is 14.7. The normalized spacial score (nSPS) is 18.9. The molecule has 26 heavy (non-hydrogen) atoms. The molecule has 132 valence electrons. The van der Waals surface area contributed by atoms with Crippen LogP contribution in [0.4, 0.5) is 11.6 Å². The molecule has 0 aliphatic carbocycles. The monoisotopic (exact) mass is 346 g/mol. The molecule has 3 aromatic rings. The summed E-state index contributed by atoms with van der Waals surface area (Å²) < 4.78 is 0. The smallest absolute Gasteiger partial charge is 0.225 e. The van der Waals surface area contributed by atoms with E-state index >= 15 is 0 Å². The molecule has 0 saturated carbocycles. The van der Waals surface area contributed by atoms with Crippen LogP contribution in [-0.4, -0.2) is 65.2 Å². The van der Waals surface area contributed by atoms with Crippen LogP contribution in [0.25, 0.3) is 10.9 Å². The minimum atomic E-state index is 0.640. The van der Waals surface area contributed by atoms with Crippen molar-refractivity contribution in [3.05, 3.63) is 55.0 Å². The third kappa shape index (κ3) is 2.76. The minimum Gasteiger partial charge on any atom is -0.368 e. The third-order valence-electron chi connectivity index (χ3n) is 5.49. The van der Waals surface area contributed by atoms with Crippen LogP contribution in [0, 0.1) is 0 Å². The molecule has 0 amide bonds. The number of benzene rings is 1. The summed E-state index contributed by atoms with van der Waals surface area (Å²) in [5.74, 6) is 0.852. The van der Waals surface area contributed by atoms with Gasteiger partial charge in [0.05, 0.1) is 5.52 Å². The van der Waals surface area contributed by atoms with Crippen molar-refractivity contribution in [2.24, 2.45) is 0 Å². The van der Waals surface area contributed by atoms with Crippen molar-refractivity contribution in [2.75, 3.05) is 49.1 Å². The Hall–Kier alpha value is -2.73. The molecule has 2 saturated heterocycles. The molecule has 2 aliphatic rings. The van der Waals surface area contributed by atoms with E-state index in [4.69, 9.17) is 0 Å².